The van der Waals surface area contributed by atoms with Gasteiger partial charge >= 0.3 is 0 Å². The third kappa shape index (κ3) is 8.95. The van der Waals surface area contributed by atoms with E-state index in [9.17, 15) is 0 Å². The molecule has 0 N–H and O–H groups in total. The van der Waals surface area contributed by atoms with Crippen molar-refractivity contribution in [1.29, 1.82) is 0 Å². The zero-order valence-electron chi connectivity index (χ0n) is 57.5. The second kappa shape index (κ2) is 23.2. The maximum Gasteiger partial charge on any atom is 0.0435 e. The molecule has 0 saturated carbocycles. The summed E-state index contributed by atoms with van der Waals surface area (Å²) in [4.78, 5) is 0. The van der Waals surface area contributed by atoms with E-state index in [1.165, 1.54) is 193 Å². The van der Waals surface area contributed by atoms with Gasteiger partial charge in [0.1, 0.15) is 0 Å². The van der Waals surface area contributed by atoms with Crippen LogP contribution in [-0.4, -0.2) is 0 Å². The van der Waals surface area contributed by atoms with Crippen LogP contribution < -0.4 is 0 Å². The molecule has 0 spiro atoms. The lowest BCUT2D eigenvalue weighted by Crippen LogP contribution is -2.23. The van der Waals surface area contributed by atoms with E-state index in [0.717, 1.165) is 12.8 Å². The summed E-state index contributed by atoms with van der Waals surface area (Å²) in [6.45, 7) is 7.38. The SMILES string of the molecule is CC1(c2ccccc2)c2cc(Cc3ccccc3)ccc2-c2ccc(-c3ccc4c(c3)C(C)(c3ccccc3)c3cc(-c5c6ccccc6c(-c6c7ccccc7c(-c7ccc8c(c7)C(C)(c7ccccc7)c7cc(Cc9ccccc9)ccc7-8)c7ccccc67)c6ccccc56)ccc3-4)cc21. The van der Waals surface area contributed by atoms with Gasteiger partial charge in [0.2, 0.25) is 0 Å². The zero-order valence-corrected chi connectivity index (χ0v) is 57.5. The fourth-order valence-corrected chi connectivity index (χ4v) is 18.9. The molecular weight excluding hydrogens is 1230 g/mol. The molecule has 0 heteroatoms. The summed E-state index contributed by atoms with van der Waals surface area (Å²) in [5, 5.41) is 9.92. The van der Waals surface area contributed by atoms with E-state index in [1.807, 2.05) is 0 Å². The lowest BCUT2D eigenvalue weighted by Gasteiger charge is -2.30. The van der Waals surface area contributed by atoms with Crippen LogP contribution in [0.5, 0.6) is 0 Å². The van der Waals surface area contributed by atoms with E-state index in [0.29, 0.717) is 0 Å². The molecule has 0 radical (unpaired) electrons. The van der Waals surface area contributed by atoms with E-state index in [4.69, 9.17) is 0 Å². The van der Waals surface area contributed by atoms with Gasteiger partial charge in [-0.1, -0.05) is 334 Å². The zero-order chi connectivity index (χ0) is 67.8. The highest BCUT2D eigenvalue weighted by molar-refractivity contribution is 6.30. The molecule has 102 heavy (non-hydrogen) atoms. The van der Waals surface area contributed by atoms with E-state index < -0.39 is 5.41 Å². The molecule has 0 aliphatic heterocycles. The fourth-order valence-electron chi connectivity index (χ4n) is 18.9. The second-order valence-electron chi connectivity index (χ2n) is 29.3. The quantitative estimate of drug-likeness (QED) is 0.113. The number of fused-ring (bicyclic) bond motifs is 13. The molecule has 3 aliphatic rings. The van der Waals surface area contributed by atoms with Crippen LogP contribution in [0.2, 0.25) is 0 Å². The Labute approximate surface area is 597 Å². The normalized spacial score (nSPS) is 16.8. The first kappa shape index (κ1) is 59.8. The van der Waals surface area contributed by atoms with Gasteiger partial charge in [-0.25, -0.2) is 0 Å². The van der Waals surface area contributed by atoms with Gasteiger partial charge < -0.3 is 0 Å². The first-order valence-corrected chi connectivity index (χ1v) is 36.2. The average molecular weight is 1300 g/mol. The smallest absolute Gasteiger partial charge is 0.0435 e. The standard InChI is InChI=1S/C102H72/c1-100(73-31-13-6-14-32-73)90-59-67(57-65-27-9-4-10-28-65)45-51-76(90)78-53-47-69(61-92(78)100)70-48-54-79-81-56-50-72(64-95(81)102(3,93(79)62-70)75-35-17-8-18-36-75)97-84-39-21-25-43-88(84)99(89-44-26-22-40-85(89)97)98-86-41-23-19-37-82(86)96(83-38-20-24-42-87(83)98)71-49-55-80-77-52-46-68(58-66-29-11-5-12-30-66)60-91(77)101(2,94(80)63-71)74-33-15-7-16-34-74/h4-56,59-64H,57-58H2,1-3H3. The third-order valence-corrected chi connectivity index (χ3v) is 23.9. The highest BCUT2D eigenvalue weighted by atomic mass is 14.5. The summed E-state index contributed by atoms with van der Waals surface area (Å²) in [6, 6.07) is 136. The Morgan fingerprint density at radius 3 is 0.676 bits per heavy atom. The Morgan fingerprint density at radius 1 is 0.176 bits per heavy atom. The van der Waals surface area contributed by atoms with Gasteiger partial charge in [-0.2, -0.15) is 0 Å². The van der Waals surface area contributed by atoms with Crippen molar-refractivity contribution in [2.75, 3.05) is 0 Å². The third-order valence-electron chi connectivity index (χ3n) is 23.9. The Kier molecular flexibility index (Phi) is 13.6. The second-order valence-corrected chi connectivity index (χ2v) is 29.3. The van der Waals surface area contributed by atoms with Crippen molar-refractivity contribution in [3.05, 3.63) is 430 Å². The van der Waals surface area contributed by atoms with Gasteiger partial charge in [-0.3, -0.25) is 0 Å². The predicted octanol–water partition coefficient (Wildman–Crippen LogP) is 26.2. The van der Waals surface area contributed by atoms with Crippen molar-refractivity contribution >= 4 is 43.1 Å². The van der Waals surface area contributed by atoms with Crippen molar-refractivity contribution in [3.63, 3.8) is 0 Å². The largest absolute Gasteiger partial charge is 0.0622 e. The molecule has 0 aromatic heterocycles. The summed E-state index contributed by atoms with van der Waals surface area (Å²) in [7, 11) is 0. The summed E-state index contributed by atoms with van der Waals surface area (Å²) in [5.74, 6) is 0. The van der Waals surface area contributed by atoms with Crippen LogP contribution in [0.1, 0.15) is 93.1 Å². The van der Waals surface area contributed by atoms with Crippen molar-refractivity contribution in [2.45, 2.75) is 49.9 Å². The van der Waals surface area contributed by atoms with Gasteiger partial charge in [-0.05, 0) is 251 Å². The van der Waals surface area contributed by atoms with Crippen molar-refractivity contribution in [3.8, 4) is 77.9 Å². The maximum atomic E-state index is 2.56. The van der Waals surface area contributed by atoms with Crippen LogP contribution in [0.3, 0.4) is 0 Å². The highest BCUT2D eigenvalue weighted by Crippen LogP contribution is 2.59. The van der Waals surface area contributed by atoms with E-state index in [2.05, 4.69) is 379 Å². The Hall–Kier alpha value is -12.2. The lowest BCUT2D eigenvalue weighted by molar-refractivity contribution is 0.712. The minimum absolute atomic E-state index is 0.353. The number of benzene rings is 17. The molecule has 20 rings (SSSR count). The van der Waals surface area contributed by atoms with Crippen molar-refractivity contribution < 1.29 is 0 Å². The Balaban J connectivity index is 0.720. The molecule has 17 aromatic carbocycles. The first-order valence-electron chi connectivity index (χ1n) is 36.2. The fraction of sp³-hybridized carbons (Fsp3) is 0.0784. The first-order chi connectivity index (χ1) is 50.2. The van der Waals surface area contributed by atoms with Gasteiger partial charge in [0, 0.05) is 16.2 Å². The van der Waals surface area contributed by atoms with Crippen LogP contribution in [-0.2, 0) is 29.1 Å². The molecule has 17 aromatic rings. The van der Waals surface area contributed by atoms with Gasteiger partial charge in [0.05, 0.1) is 0 Å². The monoisotopic (exact) mass is 1300 g/mol. The number of hydrogen-bond acceptors (Lipinski definition) is 0. The molecule has 3 aliphatic carbocycles. The molecule has 0 fully saturated rings. The van der Waals surface area contributed by atoms with Crippen LogP contribution in [0.15, 0.2) is 358 Å². The molecule has 0 nitrogen and oxygen atoms in total. The van der Waals surface area contributed by atoms with Crippen molar-refractivity contribution in [2.24, 2.45) is 0 Å². The van der Waals surface area contributed by atoms with Gasteiger partial charge in [0.15, 0.2) is 0 Å². The molecule has 0 bridgehead atoms. The predicted molar refractivity (Wildman–Crippen MR) is 429 cm³/mol. The molecule has 0 saturated heterocycles. The molecule has 0 amide bonds. The molecule has 3 unspecified atom stereocenters. The molecule has 480 valence electrons. The van der Waals surface area contributed by atoms with E-state index in [1.54, 1.807) is 0 Å². The van der Waals surface area contributed by atoms with Crippen LogP contribution in [0, 0.1) is 0 Å². The van der Waals surface area contributed by atoms with Gasteiger partial charge in [0.25, 0.3) is 0 Å². The molecule has 3 atom stereocenters. The van der Waals surface area contributed by atoms with Crippen LogP contribution in [0.25, 0.3) is 121 Å². The molecular formula is C102H72. The number of hydrogen-bond donors (Lipinski definition) is 0. The average Bonchev–Trinajstić information content (AvgIpc) is 1.21. The Bertz CT molecular complexity index is 6150. The molecule has 0 heterocycles. The number of rotatable bonds is 11. The van der Waals surface area contributed by atoms with Gasteiger partial charge in [-0.15, -0.1) is 0 Å². The van der Waals surface area contributed by atoms with E-state index >= 15 is 0 Å². The summed E-state index contributed by atoms with van der Waals surface area (Å²) in [6.07, 6.45) is 1.78. The summed E-state index contributed by atoms with van der Waals surface area (Å²) in [5.41, 5.74) is 33.8. The summed E-state index contributed by atoms with van der Waals surface area (Å²) < 4.78 is 0. The van der Waals surface area contributed by atoms with E-state index in [-0.39, 0.29) is 10.8 Å². The summed E-state index contributed by atoms with van der Waals surface area (Å²) >= 11 is 0. The van der Waals surface area contributed by atoms with Crippen LogP contribution in [0.4, 0.5) is 0 Å². The maximum absolute atomic E-state index is 2.56. The topological polar surface area (TPSA) is 0 Å². The highest BCUT2D eigenvalue weighted by Gasteiger charge is 2.45. The van der Waals surface area contributed by atoms with Crippen LogP contribution >= 0.6 is 0 Å². The minimum Gasteiger partial charge on any atom is -0.0622 e. The van der Waals surface area contributed by atoms with Crippen molar-refractivity contribution in [1.82, 2.24) is 0 Å². The minimum atomic E-state index is -0.473. The Morgan fingerprint density at radius 2 is 0.392 bits per heavy atom. The lowest BCUT2D eigenvalue weighted by atomic mass is 9.72.